The first kappa shape index (κ1) is 66.6. The SMILES string of the molecule is CCCCCCCCCC/C=C\CCCCCCCCCCCC(=O)OC(CO)COC(=O)CCCCCCCCCCCCCCCCCCCCCCCCCCCCCCCCCCC. The van der Waals surface area contributed by atoms with E-state index in [1.807, 2.05) is 0 Å². The monoisotopic (exact) mass is 959 g/mol. The second-order valence-corrected chi connectivity index (χ2v) is 21.5. The maximum Gasteiger partial charge on any atom is 0.306 e. The first-order valence-electron chi connectivity index (χ1n) is 31.2. The molecule has 0 fully saturated rings. The number of aliphatic hydroxyl groups excluding tert-OH is 1. The summed E-state index contributed by atoms with van der Waals surface area (Å²) in [5, 5.41) is 9.66. The number of carbonyl (C=O) groups excluding carboxylic acids is 2. The van der Waals surface area contributed by atoms with Crippen LogP contribution >= 0.6 is 0 Å². The van der Waals surface area contributed by atoms with E-state index in [0.29, 0.717) is 12.8 Å². The van der Waals surface area contributed by atoms with E-state index >= 15 is 0 Å². The highest BCUT2D eigenvalue weighted by atomic mass is 16.6. The molecule has 0 saturated heterocycles. The molecule has 0 spiro atoms. The van der Waals surface area contributed by atoms with Gasteiger partial charge in [-0.25, -0.2) is 0 Å². The van der Waals surface area contributed by atoms with Crippen LogP contribution in [0.25, 0.3) is 0 Å². The van der Waals surface area contributed by atoms with Gasteiger partial charge in [-0.3, -0.25) is 9.59 Å². The number of unbranched alkanes of at least 4 members (excludes halogenated alkanes) is 49. The lowest BCUT2D eigenvalue weighted by Gasteiger charge is -2.15. The average molecular weight is 960 g/mol. The molecular formula is C63H122O5. The molecule has 1 N–H and O–H groups in total. The molecule has 1 atom stereocenters. The molecule has 0 aliphatic heterocycles. The zero-order valence-electron chi connectivity index (χ0n) is 46.4. The number of aliphatic hydroxyl groups is 1. The van der Waals surface area contributed by atoms with Gasteiger partial charge < -0.3 is 14.6 Å². The standard InChI is InChI=1S/C63H122O5/c1-3-5-7-9-11-13-15-17-19-21-23-25-26-27-28-29-30-31-32-33-34-35-36-38-39-41-43-45-47-49-51-53-55-57-62(65)67-60-61(59-64)68-63(66)58-56-54-52-50-48-46-44-42-40-37-24-22-20-18-16-14-12-10-8-6-4-2/h22,24,61,64H,3-21,23,25-60H2,1-2H3/b24-22-. The Labute approximate surface area is 426 Å². The summed E-state index contributed by atoms with van der Waals surface area (Å²) in [6.45, 7) is 4.20. The minimum atomic E-state index is -0.769. The van der Waals surface area contributed by atoms with Gasteiger partial charge in [-0.05, 0) is 38.5 Å². The van der Waals surface area contributed by atoms with Gasteiger partial charge in [0, 0.05) is 12.8 Å². The predicted molar refractivity (Wildman–Crippen MR) is 298 cm³/mol. The van der Waals surface area contributed by atoms with Gasteiger partial charge in [0.15, 0.2) is 6.10 Å². The first-order valence-corrected chi connectivity index (χ1v) is 31.2. The summed E-state index contributed by atoms with van der Waals surface area (Å²) < 4.78 is 10.7. The van der Waals surface area contributed by atoms with E-state index in [-0.39, 0.29) is 25.2 Å². The normalized spacial score (nSPS) is 12.1. The van der Waals surface area contributed by atoms with Crippen LogP contribution in [-0.4, -0.2) is 36.4 Å². The number of rotatable bonds is 59. The van der Waals surface area contributed by atoms with Gasteiger partial charge in [0.05, 0.1) is 6.61 Å². The summed E-state index contributed by atoms with van der Waals surface area (Å²) in [5.74, 6) is -0.570. The Balaban J connectivity index is 3.37. The first-order chi connectivity index (χ1) is 33.6. The van der Waals surface area contributed by atoms with E-state index in [1.54, 1.807) is 0 Å². The van der Waals surface area contributed by atoms with Gasteiger partial charge in [0.25, 0.3) is 0 Å². The molecule has 1 unspecified atom stereocenters. The van der Waals surface area contributed by atoms with Crippen LogP contribution in [0, 0.1) is 0 Å². The number of esters is 2. The number of carbonyl (C=O) groups is 2. The molecule has 5 heteroatoms. The highest BCUT2D eigenvalue weighted by Crippen LogP contribution is 2.18. The summed E-state index contributed by atoms with van der Waals surface area (Å²) in [4.78, 5) is 24.5. The second-order valence-electron chi connectivity index (χ2n) is 21.5. The molecule has 68 heavy (non-hydrogen) atoms. The quantitative estimate of drug-likeness (QED) is 0.0374. The molecule has 0 amide bonds. The lowest BCUT2D eigenvalue weighted by atomic mass is 10.0. The van der Waals surface area contributed by atoms with Crippen molar-refractivity contribution in [3.05, 3.63) is 12.2 Å². The molecule has 404 valence electrons. The van der Waals surface area contributed by atoms with Gasteiger partial charge in [-0.1, -0.05) is 321 Å². The third kappa shape index (κ3) is 57.2. The van der Waals surface area contributed by atoms with E-state index in [4.69, 9.17) is 9.47 Å². The van der Waals surface area contributed by atoms with Crippen LogP contribution in [-0.2, 0) is 19.1 Å². The molecule has 0 saturated carbocycles. The molecule has 0 bridgehead atoms. The van der Waals surface area contributed by atoms with Crippen molar-refractivity contribution in [2.75, 3.05) is 13.2 Å². The molecule has 5 nitrogen and oxygen atoms in total. The average Bonchev–Trinajstić information content (AvgIpc) is 3.34. The third-order valence-electron chi connectivity index (χ3n) is 14.6. The Kier molecular flexibility index (Phi) is 58.7. The zero-order valence-corrected chi connectivity index (χ0v) is 46.4. The van der Waals surface area contributed by atoms with Crippen LogP contribution in [0.5, 0.6) is 0 Å². The lowest BCUT2D eigenvalue weighted by molar-refractivity contribution is -0.161. The van der Waals surface area contributed by atoms with Crippen molar-refractivity contribution in [1.29, 1.82) is 0 Å². The third-order valence-corrected chi connectivity index (χ3v) is 14.6. The van der Waals surface area contributed by atoms with Gasteiger partial charge in [-0.15, -0.1) is 0 Å². The molecule has 0 aromatic rings. The highest BCUT2D eigenvalue weighted by Gasteiger charge is 2.16. The van der Waals surface area contributed by atoms with Crippen LogP contribution in [0.4, 0.5) is 0 Å². The molecular weight excluding hydrogens is 837 g/mol. The van der Waals surface area contributed by atoms with Crippen molar-refractivity contribution in [3.8, 4) is 0 Å². The number of hydrogen-bond acceptors (Lipinski definition) is 5. The van der Waals surface area contributed by atoms with E-state index in [0.717, 1.165) is 32.1 Å². The Morgan fingerprint density at radius 2 is 0.544 bits per heavy atom. The summed E-state index contributed by atoms with van der Waals surface area (Å²) >= 11 is 0. The summed E-state index contributed by atoms with van der Waals surface area (Å²) in [6, 6.07) is 0. The molecule has 0 radical (unpaired) electrons. The Bertz CT molecular complexity index is 994. The van der Waals surface area contributed by atoms with Crippen LogP contribution < -0.4 is 0 Å². The minimum Gasteiger partial charge on any atom is -0.462 e. The van der Waals surface area contributed by atoms with E-state index in [1.165, 1.54) is 302 Å². The number of hydrogen-bond donors (Lipinski definition) is 1. The number of ether oxygens (including phenoxy) is 2. The van der Waals surface area contributed by atoms with E-state index in [9.17, 15) is 14.7 Å². The minimum absolute atomic E-state index is 0.0592. The molecule has 0 aromatic heterocycles. The number of allylic oxidation sites excluding steroid dienone is 2. The van der Waals surface area contributed by atoms with Gasteiger partial charge in [-0.2, -0.15) is 0 Å². The van der Waals surface area contributed by atoms with Gasteiger partial charge in [0.1, 0.15) is 6.61 Å². The van der Waals surface area contributed by atoms with Crippen LogP contribution in [0.2, 0.25) is 0 Å². The smallest absolute Gasteiger partial charge is 0.306 e. The van der Waals surface area contributed by atoms with Crippen molar-refractivity contribution < 1.29 is 24.2 Å². The lowest BCUT2D eigenvalue weighted by Crippen LogP contribution is -2.28. The molecule has 0 aliphatic carbocycles. The fourth-order valence-electron chi connectivity index (χ4n) is 9.85. The fourth-order valence-corrected chi connectivity index (χ4v) is 9.85. The van der Waals surface area contributed by atoms with E-state index in [2.05, 4.69) is 26.0 Å². The predicted octanol–water partition coefficient (Wildman–Crippen LogP) is 21.1. The Morgan fingerprint density at radius 3 is 0.794 bits per heavy atom. The second kappa shape index (κ2) is 59.9. The van der Waals surface area contributed by atoms with Gasteiger partial charge >= 0.3 is 11.9 Å². The summed E-state index contributed by atoms with van der Waals surface area (Å²) in [7, 11) is 0. The highest BCUT2D eigenvalue weighted by molar-refractivity contribution is 5.70. The van der Waals surface area contributed by atoms with Crippen molar-refractivity contribution in [2.24, 2.45) is 0 Å². The molecule has 0 heterocycles. The van der Waals surface area contributed by atoms with Crippen LogP contribution in [0.15, 0.2) is 12.2 Å². The summed E-state index contributed by atoms with van der Waals surface area (Å²) in [6.07, 6.45) is 75.1. The Hall–Kier alpha value is -1.36. The largest absolute Gasteiger partial charge is 0.462 e. The van der Waals surface area contributed by atoms with Crippen molar-refractivity contribution in [1.82, 2.24) is 0 Å². The topological polar surface area (TPSA) is 72.8 Å². The summed E-state index contributed by atoms with van der Waals surface area (Å²) in [5.41, 5.74) is 0. The fraction of sp³-hybridized carbons (Fsp3) is 0.937. The van der Waals surface area contributed by atoms with Crippen molar-refractivity contribution in [3.63, 3.8) is 0 Å². The molecule has 0 rings (SSSR count). The molecule has 0 aromatic carbocycles. The van der Waals surface area contributed by atoms with Crippen LogP contribution in [0.1, 0.15) is 361 Å². The van der Waals surface area contributed by atoms with Gasteiger partial charge in [0.2, 0.25) is 0 Å². The zero-order chi connectivity index (χ0) is 49.2. The van der Waals surface area contributed by atoms with Crippen LogP contribution in [0.3, 0.4) is 0 Å². The Morgan fingerprint density at radius 1 is 0.324 bits per heavy atom. The maximum atomic E-state index is 12.3. The van der Waals surface area contributed by atoms with Crippen molar-refractivity contribution in [2.45, 2.75) is 367 Å². The maximum absolute atomic E-state index is 12.3. The van der Waals surface area contributed by atoms with Crippen molar-refractivity contribution >= 4 is 11.9 Å². The molecule has 0 aliphatic rings. The van der Waals surface area contributed by atoms with E-state index < -0.39 is 6.10 Å².